The first kappa shape index (κ1) is 16.8. The quantitative estimate of drug-likeness (QED) is 0.782. The Hall–Kier alpha value is -3.08. The molecule has 0 aliphatic heterocycles. The molecule has 3 rings (SSSR count). The van der Waals surface area contributed by atoms with Crippen molar-refractivity contribution in [2.45, 2.75) is 20.8 Å². The van der Waals surface area contributed by atoms with Crippen LogP contribution in [0.3, 0.4) is 0 Å². The number of aryl methyl sites for hydroxylation is 2. The summed E-state index contributed by atoms with van der Waals surface area (Å²) < 4.78 is 7.06. The van der Waals surface area contributed by atoms with Crippen molar-refractivity contribution in [2.75, 3.05) is 6.61 Å². The molecule has 0 radical (unpaired) electrons. The van der Waals surface area contributed by atoms with Gasteiger partial charge in [-0.1, -0.05) is 24.3 Å². The molecule has 0 aliphatic carbocycles. The number of para-hydroxylation sites is 1. The number of carboxylic acids is 1. The molecule has 2 aromatic carbocycles. The number of hydrogen-bond acceptors (Lipinski definition) is 3. The topological polar surface area (TPSA) is 68.5 Å². The Morgan fingerprint density at radius 1 is 1.04 bits per heavy atom. The van der Waals surface area contributed by atoms with Gasteiger partial charge in [-0.25, -0.2) is 4.79 Å². The fourth-order valence-electron chi connectivity index (χ4n) is 3.18. The first-order chi connectivity index (χ1) is 11.9. The third-order valence-electron chi connectivity index (χ3n) is 4.13. The number of benzene rings is 2. The van der Waals surface area contributed by atoms with Crippen molar-refractivity contribution in [1.82, 2.24) is 4.57 Å². The van der Waals surface area contributed by atoms with Gasteiger partial charge in [-0.15, -0.1) is 0 Å². The van der Waals surface area contributed by atoms with E-state index in [1.165, 1.54) is 4.57 Å². The zero-order valence-electron chi connectivity index (χ0n) is 14.4. The Labute approximate surface area is 145 Å². The van der Waals surface area contributed by atoms with E-state index < -0.39 is 5.97 Å². The Morgan fingerprint density at radius 3 is 2.32 bits per heavy atom. The summed E-state index contributed by atoms with van der Waals surface area (Å²) in [6, 6.07) is 12.7. The number of aromatic nitrogens is 1. The van der Waals surface area contributed by atoms with E-state index in [1.54, 1.807) is 31.2 Å². The number of carboxylic acid groups (broad SMARTS) is 1. The monoisotopic (exact) mass is 337 g/mol. The Kier molecular flexibility index (Phi) is 4.31. The van der Waals surface area contributed by atoms with Gasteiger partial charge in [-0.05, 0) is 50.1 Å². The lowest BCUT2D eigenvalue weighted by molar-refractivity contribution is 0.0698. The average molecular weight is 337 g/mol. The molecule has 5 heteroatoms. The van der Waals surface area contributed by atoms with Crippen molar-refractivity contribution >= 4 is 22.8 Å². The number of aromatic carboxylic acids is 1. The van der Waals surface area contributed by atoms with Crippen molar-refractivity contribution in [3.63, 3.8) is 0 Å². The molecule has 25 heavy (non-hydrogen) atoms. The van der Waals surface area contributed by atoms with Crippen LogP contribution in [0.2, 0.25) is 0 Å². The maximum Gasteiger partial charge on any atom is 0.338 e. The predicted molar refractivity (Wildman–Crippen MR) is 95.7 cm³/mol. The molecule has 1 heterocycles. The SMILES string of the molecule is Cc1cc(C)cc(OCC(=O)n2c(C)c(C(=O)O)c3ccccc32)c1. The van der Waals surface area contributed by atoms with Crippen molar-refractivity contribution in [1.29, 1.82) is 0 Å². The molecule has 0 saturated carbocycles. The summed E-state index contributed by atoms with van der Waals surface area (Å²) in [5, 5.41) is 10.0. The largest absolute Gasteiger partial charge is 0.484 e. The van der Waals surface area contributed by atoms with Gasteiger partial charge in [-0.2, -0.15) is 0 Å². The molecule has 0 saturated heterocycles. The predicted octanol–water partition coefficient (Wildman–Crippen LogP) is 3.98. The molecule has 0 atom stereocenters. The van der Waals surface area contributed by atoms with E-state index >= 15 is 0 Å². The third-order valence-corrected chi connectivity index (χ3v) is 4.13. The first-order valence-corrected chi connectivity index (χ1v) is 7.96. The zero-order valence-corrected chi connectivity index (χ0v) is 14.4. The van der Waals surface area contributed by atoms with E-state index in [2.05, 4.69) is 0 Å². The number of nitrogens with zero attached hydrogens (tertiary/aromatic N) is 1. The minimum atomic E-state index is -1.05. The van der Waals surface area contributed by atoms with Crippen LogP contribution >= 0.6 is 0 Å². The van der Waals surface area contributed by atoms with Crippen molar-refractivity contribution in [2.24, 2.45) is 0 Å². The van der Waals surface area contributed by atoms with Gasteiger partial charge in [0.2, 0.25) is 0 Å². The van der Waals surface area contributed by atoms with Crippen LogP contribution in [0.15, 0.2) is 42.5 Å². The molecule has 0 unspecified atom stereocenters. The van der Waals surface area contributed by atoms with Gasteiger partial charge in [0.1, 0.15) is 5.75 Å². The summed E-state index contributed by atoms with van der Waals surface area (Å²) in [6.45, 7) is 5.40. The molecule has 0 bridgehead atoms. The smallest absolute Gasteiger partial charge is 0.338 e. The third kappa shape index (κ3) is 3.13. The summed E-state index contributed by atoms with van der Waals surface area (Å²) in [4.78, 5) is 24.3. The summed E-state index contributed by atoms with van der Waals surface area (Å²) in [5.74, 6) is -0.728. The molecule has 0 spiro atoms. The van der Waals surface area contributed by atoms with Crippen LogP contribution in [0.1, 0.15) is 32.0 Å². The molecule has 0 fully saturated rings. The van der Waals surface area contributed by atoms with Gasteiger partial charge in [0, 0.05) is 11.1 Å². The van der Waals surface area contributed by atoms with Gasteiger partial charge >= 0.3 is 5.97 Å². The van der Waals surface area contributed by atoms with Gasteiger partial charge < -0.3 is 9.84 Å². The van der Waals surface area contributed by atoms with Crippen LogP contribution in [0.4, 0.5) is 0 Å². The van der Waals surface area contributed by atoms with E-state index in [0.29, 0.717) is 22.3 Å². The highest BCUT2D eigenvalue weighted by Gasteiger charge is 2.22. The summed E-state index contributed by atoms with van der Waals surface area (Å²) in [5.41, 5.74) is 3.24. The van der Waals surface area contributed by atoms with Crippen LogP contribution < -0.4 is 4.74 Å². The average Bonchev–Trinajstić information content (AvgIpc) is 2.83. The van der Waals surface area contributed by atoms with E-state index in [-0.39, 0.29) is 18.1 Å². The second kappa shape index (κ2) is 6.43. The van der Waals surface area contributed by atoms with E-state index in [4.69, 9.17) is 4.74 Å². The van der Waals surface area contributed by atoms with Crippen LogP contribution in [0, 0.1) is 20.8 Å². The van der Waals surface area contributed by atoms with Crippen LogP contribution in [-0.2, 0) is 0 Å². The van der Waals surface area contributed by atoms with Crippen LogP contribution in [-0.4, -0.2) is 28.2 Å². The number of ether oxygens (including phenoxy) is 1. The van der Waals surface area contributed by atoms with E-state index in [9.17, 15) is 14.7 Å². The molecule has 0 amide bonds. The number of carbonyl (C=O) groups excluding carboxylic acids is 1. The van der Waals surface area contributed by atoms with Crippen molar-refractivity contribution in [3.8, 4) is 5.75 Å². The first-order valence-electron chi connectivity index (χ1n) is 7.96. The second-order valence-electron chi connectivity index (χ2n) is 6.12. The standard InChI is InChI=1S/C20H19NO4/c1-12-8-13(2)10-15(9-12)25-11-18(22)21-14(3)19(20(23)24)16-6-4-5-7-17(16)21/h4-10H,11H2,1-3H3,(H,23,24). The summed E-state index contributed by atoms with van der Waals surface area (Å²) in [7, 11) is 0. The number of fused-ring (bicyclic) bond motifs is 1. The summed E-state index contributed by atoms with van der Waals surface area (Å²) >= 11 is 0. The molecular weight excluding hydrogens is 318 g/mol. The van der Waals surface area contributed by atoms with Crippen molar-refractivity contribution in [3.05, 3.63) is 64.8 Å². The van der Waals surface area contributed by atoms with Crippen molar-refractivity contribution < 1.29 is 19.4 Å². The highest BCUT2D eigenvalue weighted by atomic mass is 16.5. The van der Waals surface area contributed by atoms with Gasteiger partial charge in [0.05, 0.1) is 11.1 Å². The molecule has 128 valence electrons. The molecule has 3 aromatic rings. The number of carbonyl (C=O) groups is 2. The van der Waals surface area contributed by atoms with Crippen LogP contribution in [0.25, 0.3) is 10.9 Å². The Bertz CT molecular complexity index is 965. The van der Waals surface area contributed by atoms with Gasteiger partial charge in [0.25, 0.3) is 5.91 Å². The molecular formula is C20H19NO4. The maximum atomic E-state index is 12.7. The number of hydrogen-bond donors (Lipinski definition) is 1. The lowest BCUT2D eigenvalue weighted by Crippen LogP contribution is -2.20. The van der Waals surface area contributed by atoms with Crippen LogP contribution in [0.5, 0.6) is 5.75 Å². The van der Waals surface area contributed by atoms with E-state index in [1.807, 2.05) is 32.0 Å². The highest BCUT2D eigenvalue weighted by Crippen LogP contribution is 2.26. The van der Waals surface area contributed by atoms with Gasteiger partial charge in [-0.3, -0.25) is 9.36 Å². The molecule has 1 N–H and O–H groups in total. The van der Waals surface area contributed by atoms with E-state index in [0.717, 1.165) is 11.1 Å². The maximum absolute atomic E-state index is 12.7. The fourth-order valence-corrected chi connectivity index (χ4v) is 3.18. The van der Waals surface area contributed by atoms with Gasteiger partial charge in [0.15, 0.2) is 6.61 Å². The summed E-state index contributed by atoms with van der Waals surface area (Å²) in [6.07, 6.45) is 0. The minimum absolute atomic E-state index is 0.148. The molecule has 0 aliphatic rings. The highest BCUT2D eigenvalue weighted by molar-refractivity contribution is 6.08. The zero-order chi connectivity index (χ0) is 18.1. The minimum Gasteiger partial charge on any atom is -0.484 e. The fraction of sp³-hybridized carbons (Fsp3) is 0.200. The lowest BCUT2D eigenvalue weighted by Gasteiger charge is -2.10. The number of rotatable bonds is 4. The lowest BCUT2D eigenvalue weighted by atomic mass is 10.1. The molecule has 1 aromatic heterocycles. The Morgan fingerprint density at radius 2 is 1.68 bits per heavy atom. The normalized spacial score (nSPS) is 10.8. The second-order valence-corrected chi connectivity index (χ2v) is 6.12. The molecule has 5 nitrogen and oxygen atoms in total. The Balaban J connectivity index is 1.95.